The molecule has 1 aromatic rings. The molecule has 0 bridgehead atoms. The van der Waals surface area contributed by atoms with Crippen LogP contribution in [0.15, 0.2) is 22.5 Å². The van der Waals surface area contributed by atoms with Crippen molar-refractivity contribution in [1.29, 1.82) is 0 Å². The molecule has 12 heavy (non-hydrogen) atoms. The third-order valence-electron chi connectivity index (χ3n) is 1.10. The Balaban J connectivity index is 2.64. The van der Waals surface area contributed by atoms with Gasteiger partial charge in [0.05, 0.1) is 6.21 Å². The van der Waals surface area contributed by atoms with Crippen molar-refractivity contribution < 1.29 is 0 Å². The molecule has 6 nitrogen and oxygen atoms in total. The Morgan fingerprint density at radius 2 is 2.42 bits per heavy atom. The first kappa shape index (κ1) is 8.25. The van der Waals surface area contributed by atoms with E-state index in [-0.39, 0.29) is 5.96 Å². The van der Waals surface area contributed by atoms with Crippen molar-refractivity contribution >= 4 is 12.2 Å². The Kier molecular flexibility index (Phi) is 2.42. The van der Waals surface area contributed by atoms with Crippen LogP contribution < -0.4 is 11.5 Å². The normalized spacial score (nSPS) is 10.4. The maximum atomic E-state index is 5.05. The van der Waals surface area contributed by atoms with Gasteiger partial charge < -0.3 is 11.5 Å². The van der Waals surface area contributed by atoms with Crippen molar-refractivity contribution in [3.63, 3.8) is 0 Å². The fourth-order valence-electron chi connectivity index (χ4n) is 0.657. The van der Waals surface area contributed by atoms with Gasteiger partial charge in [-0.15, -0.1) is 5.10 Å². The molecular formula is C6H10N6. The van der Waals surface area contributed by atoms with E-state index < -0.39 is 0 Å². The molecule has 4 N–H and O–H groups in total. The van der Waals surface area contributed by atoms with Crippen molar-refractivity contribution in [2.75, 3.05) is 0 Å². The first-order chi connectivity index (χ1) is 5.68. The Morgan fingerprint density at radius 1 is 1.67 bits per heavy atom. The van der Waals surface area contributed by atoms with Crippen LogP contribution in [-0.2, 0) is 7.05 Å². The van der Waals surface area contributed by atoms with E-state index in [0.29, 0.717) is 5.69 Å². The Bertz CT molecular complexity index is 306. The van der Waals surface area contributed by atoms with E-state index >= 15 is 0 Å². The molecule has 1 heterocycles. The van der Waals surface area contributed by atoms with Crippen molar-refractivity contribution in [1.82, 2.24) is 9.78 Å². The minimum atomic E-state index is -0.0674. The van der Waals surface area contributed by atoms with Gasteiger partial charge in [-0.2, -0.15) is 10.2 Å². The molecule has 0 unspecified atom stereocenters. The number of aromatic nitrogens is 2. The Labute approximate surface area is 69.6 Å². The predicted octanol–water partition coefficient (Wildman–Crippen LogP) is -0.973. The molecule has 0 saturated heterocycles. The lowest BCUT2D eigenvalue weighted by molar-refractivity contribution is 0.765. The Hall–Kier alpha value is -1.85. The number of aryl methyl sites for hydroxylation is 1. The molecule has 0 aliphatic heterocycles. The molecule has 0 atom stereocenters. The molecular weight excluding hydrogens is 156 g/mol. The van der Waals surface area contributed by atoms with Crippen LogP contribution in [0.25, 0.3) is 0 Å². The predicted molar refractivity (Wildman–Crippen MR) is 46.6 cm³/mol. The molecule has 0 saturated carbocycles. The van der Waals surface area contributed by atoms with Gasteiger partial charge >= 0.3 is 0 Å². The van der Waals surface area contributed by atoms with Gasteiger partial charge in [-0.25, -0.2) is 0 Å². The first-order valence-electron chi connectivity index (χ1n) is 3.30. The fraction of sp³-hybridized carbons (Fsp3) is 0.167. The zero-order chi connectivity index (χ0) is 8.97. The number of nitrogens with zero attached hydrogens (tertiary/aromatic N) is 4. The summed E-state index contributed by atoms with van der Waals surface area (Å²) < 4.78 is 1.66. The highest BCUT2D eigenvalue weighted by Crippen LogP contribution is 1.88. The van der Waals surface area contributed by atoms with Crippen LogP contribution in [0.3, 0.4) is 0 Å². The topological polar surface area (TPSA) is 94.6 Å². The van der Waals surface area contributed by atoms with Gasteiger partial charge in [-0.05, 0) is 6.07 Å². The maximum Gasteiger partial charge on any atom is 0.211 e. The Morgan fingerprint density at radius 3 is 2.92 bits per heavy atom. The van der Waals surface area contributed by atoms with E-state index in [2.05, 4.69) is 15.3 Å². The third kappa shape index (κ3) is 2.41. The zero-order valence-electron chi connectivity index (χ0n) is 6.68. The summed E-state index contributed by atoms with van der Waals surface area (Å²) in [5.41, 5.74) is 10.8. The fourth-order valence-corrected chi connectivity index (χ4v) is 0.657. The number of hydrogen-bond acceptors (Lipinski definition) is 3. The van der Waals surface area contributed by atoms with E-state index in [1.807, 2.05) is 7.05 Å². The van der Waals surface area contributed by atoms with E-state index in [1.165, 1.54) is 6.21 Å². The van der Waals surface area contributed by atoms with Crippen LogP contribution in [0.4, 0.5) is 0 Å². The minimum absolute atomic E-state index is 0.0674. The van der Waals surface area contributed by atoms with E-state index in [1.54, 1.807) is 16.9 Å². The SMILES string of the molecule is Cn1ccc(/C=N/N=C(N)N)n1. The largest absolute Gasteiger partial charge is 0.369 e. The third-order valence-corrected chi connectivity index (χ3v) is 1.10. The summed E-state index contributed by atoms with van der Waals surface area (Å²) in [4.78, 5) is 0. The second-order valence-electron chi connectivity index (χ2n) is 2.18. The molecule has 0 aromatic carbocycles. The first-order valence-corrected chi connectivity index (χ1v) is 3.30. The molecule has 0 spiro atoms. The summed E-state index contributed by atoms with van der Waals surface area (Å²) in [6, 6.07) is 1.80. The molecule has 0 amide bonds. The average Bonchev–Trinajstić information content (AvgIpc) is 2.35. The molecule has 0 aliphatic rings. The second-order valence-corrected chi connectivity index (χ2v) is 2.18. The summed E-state index contributed by atoms with van der Waals surface area (Å²) in [6.45, 7) is 0. The smallest absolute Gasteiger partial charge is 0.211 e. The van der Waals surface area contributed by atoms with Gasteiger partial charge in [-0.3, -0.25) is 4.68 Å². The van der Waals surface area contributed by atoms with Crippen LogP contribution in [-0.4, -0.2) is 22.0 Å². The van der Waals surface area contributed by atoms with Crippen LogP contribution in [0.1, 0.15) is 5.69 Å². The molecule has 1 rings (SSSR count). The highest BCUT2D eigenvalue weighted by molar-refractivity contribution is 5.79. The minimum Gasteiger partial charge on any atom is -0.369 e. The molecule has 0 aliphatic carbocycles. The molecule has 64 valence electrons. The van der Waals surface area contributed by atoms with Crippen LogP contribution >= 0.6 is 0 Å². The van der Waals surface area contributed by atoms with Gasteiger partial charge in [-0.1, -0.05) is 0 Å². The molecule has 0 radical (unpaired) electrons. The number of rotatable bonds is 2. The van der Waals surface area contributed by atoms with Crippen LogP contribution in [0, 0.1) is 0 Å². The quantitative estimate of drug-likeness (QED) is 0.336. The summed E-state index contributed by atoms with van der Waals surface area (Å²) >= 11 is 0. The molecule has 0 fully saturated rings. The average molecular weight is 166 g/mol. The second kappa shape index (κ2) is 3.51. The van der Waals surface area contributed by atoms with Crippen LogP contribution in [0.5, 0.6) is 0 Å². The highest BCUT2D eigenvalue weighted by Gasteiger charge is 1.89. The van der Waals surface area contributed by atoms with Gasteiger partial charge in [0, 0.05) is 13.2 Å². The van der Waals surface area contributed by atoms with E-state index in [0.717, 1.165) is 0 Å². The van der Waals surface area contributed by atoms with Gasteiger partial charge in [0.2, 0.25) is 5.96 Å². The van der Waals surface area contributed by atoms with Gasteiger partial charge in [0.1, 0.15) is 5.69 Å². The van der Waals surface area contributed by atoms with Crippen LogP contribution in [0.2, 0.25) is 0 Å². The number of nitrogens with two attached hydrogens (primary N) is 2. The lowest BCUT2D eigenvalue weighted by Crippen LogP contribution is -2.21. The van der Waals surface area contributed by atoms with E-state index in [4.69, 9.17) is 11.5 Å². The van der Waals surface area contributed by atoms with Crippen molar-refractivity contribution in [3.05, 3.63) is 18.0 Å². The van der Waals surface area contributed by atoms with E-state index in [9.17, 15) is 0 Å². The monoisotopic (exact) mass is 166 g/mol. The summed E-state index contributed by atoms with van der Waals surface area (Å²) in [7, 11) is 1.82. The summed E-state index contributed by atoms with van der Waals surface area (Å²) in [6.07, 6.45) is 3.27. The van der Waals surface area contributed by atoms with Crippen molar-refractivity contribution in [2.45, 2.75) is 0 Å². The summed E-state index contributed by atoms with van der Waals surface area (Å²) in [5, 5.41) is 11.0. The lowest BCUT2D eigenvalue weighted by Gasteiger charge is -1.83. The van der Waals surface area contributed by atoms with Crippen molar-refractivity contribution in [3.8, 4) is 0 Å². The molecule has 6 heteroatoms. The number of guanidine groups is 1. The highest BCUT2D eigenvalue weighted by atomic mass is 15.3. The molecule has 1 aromatic heterocycles. The standard InChI is InChI=1S/C6H10N6/c1-12-3-2-5(11-12)4-9-10-6(7)8/h2-4H,1H3,(H4,7,8,10)/b9-4+. The van der Waals surface area contributed by atoms with Gasteiger partial charge in [0.25, 0.3) is 0 Å². The van der Waals surface area contributed by atoms with Gasteiger partial charge in [0.15, 0.2) is 0 Å². The zero-order valence-corrected chi connectivity index (χ0v) is 6.68. The lowest BCUT2D eigenvalue weighted by atomic mass is 10.5. The van der Waals surface area contributed by atoms with Crippen molar-refractivity contribution in [2.24, 2.45) is 28.7 Å². The summed E-state index contributed by atoms with van der Waals surface area (Å²) in [5.74, 6) is -0.0674. The number of hydrogen-bond donors (Lipinski definition) is 2. The maximum absolute atomic E-state index is 5.05.